The Morgan fingerprint density at radius 3 is 2.67 bits per heavy atom. The second kappa shape index (κ2) is 4.24. The Morgan fingerprint density at radius 2 is 2.08 bits per heavy atom. The maximum Gasteiger partial charge on any atom is 0.0178 e. The van der Waals surface area contributed by atoms with Crippen LogP contribution in [0.25, 0.3) is 0 Å². The molecule has 66 valence electrons. The van der Waals surface area contributed by atoms with Gasteiger partial charge in [-0.25, -0.2) is 0 Å². The lowest BCUT2D eigenvalue weighted by Gasteiger charge is -2.17. The number of hydrogen-bond donors (Lipinski definition) is 1. The summed E-state index contributed by atoms with van der Waals surface area (Å²) in [6.07, 6.45) is 0. The van der Waals surface area contributed by atoms with Crippen LogP contribution in [0.15, 0.2) is 24.3 Å². The van der Waals surface area contributed by atoms with Crippen molar-refractivity contribution in [3.05, 3.63) is 42.4 Å². The van der Waals surface area contributed by atoms with E-state index in [0.717, 1.165) is 6.54 Å². The third-order valence-electron chi connectivity index (χ3n) is 1.68. The first-order valence-electron chi connectivity index (χ1n) is 4.02. The van der Waals surface area contributed by atoms with Gasteiger partial charge in [0.25, 0.3) is 0 Å². The average Bonchev–Trinajstić information content (AvgIpc) is 2.03. The number of nitrogens with two attached hydrogens (primary N) is 1. The maximum absolute atomic E-state index is 5.52. The van der Waals surface area contributed by atoms with Gasteiger partial charge in [-0.2, -0.15) is 0 Å². The number of benzene rings is 1. The lowest BCUT2D eigenvalue weighted by molar-refractivity contribution is 0.444. The van der Waals surface area contributed by atoms with Crippen molar-refractivity contribution in [2.24, 2.45) is 5.73 Å². The van der Waals surface area contributed by atoms with Crippen molar-refractivity contribution in [1.82, 2.24) is 4.90 Å². The summed E-state index contributed by atoms with van der Waals surface area (Å²) in [6.45, 7) is 1.47. The third-order valence-corrected chi connectivity index (χ3v) is 1.68. The Balaban J connectivity index is 2.72. The van der Waals surface area contributed by atoms with E-state index in [0.29, 0.717) is 6.54 Å². The second-order valence-corrected chi connectivity index (χ2v) is 3.04. The minimum Gasteiger partial charge on any atom is -0.458 e. The van der Waals surface area contributed by atoms with Gasteiger partial charge in [0.05, 0.1) is 0 Å². The highest BCUT2D eigenvalue weighted by atomic mass is 15.0. The molecule has 1 aromatic rings. The van der Waals surface area contributed by atoms with E-state index in [2.05, 4.69) is 19.2 Å². The normalized spacial score (nSPS) is 10.7. The summed E-state index contributed by atoms with van der Waals surface area (Å²) in [5, 5.41) is 0. The van der Waals surface area contributed by atoms with Gasteiger partial charge >= 0.3 is 0 Å². The van der Waals surface area contributed by atoms with E-state index >= 15 is 0 Å². The van der Waals surface area contributed by atoms with Crippen LogP contribution in [-0.4, -0.2) is 11.9 Å². The Hall–Kier alpha value is -0.860. The fraction of sp³-hybridized carbons (Fsp3) is 0.300. The van der Waals surface area contributed by atoms with Gasteiger partial charge in [0.2, 0.25) is 0 Å². The molecule has 0 aliphatic rings. The summed E-state index contributed by atoms with van der Waals surface area (Å²) in [5.41, 5.74) is 7.96. The van der Waals surface area contributed by atoms with Crippen LogP contribution in [0.1, 0.15) is 11.1 Å². The van der Waals surface area contributed by atoms with Crippen LogP contribution < -0.4 is 5.73 Å². The molecule has 0 amide bonds. The molecule has 2 nitrogen and oxygen atoms in total. The van der Waals surface area contributed by atoms with Gasteiger partial charge in [-0.3, -0.25) is 7.05 Å². The monoisotopic (exact) mass is 163 g/mol. The van der Waals surface area contributed by atoms with E-state index in [4.69, 9.17) is 5.73 Å². The zero-order valence-corrected chi connectivity index (χ0v) is 7.46. The fourth-order valence-electron chi connectivity index (χ4n) is 1.17. The van der Waals surface area contributed by atoms with Crippen molar-refractivity contribution in [1.29, 1.82) is 0 Å². The molecule has 2 N–H and O–H groups in total. The minimum absolute atomic E-state index is 0.606. The molecule has 0 aromatic heterocycles. The van der Waals surface area contributed by atoms with Gasteiger partial charge in [-0.05, 0) is 24.7 Å². The molecule has 0 unspecified atom stereocenters. The van der Waals surface area contributed by atoms with E-state index in [1.165, 1.54) is 11.1 Å². The summed E-state index contributed by atoms with van der Waals surface area (Å²) in [4.78, 5) is 1.90. The van der Waals surface area contributed by atoms with Gasteiger partial charge in [-0.1, -0.05) is 24.3 Å². The quantitative estimate of drug-likeness (QED) is 0.682. The first-order chi connectivity index (χ1) is 5.72. The van der Waals surface area contributed by atoms with Crippen molar-refractivity contribution in [2.75, 3.05) is 7.05 Å². The van der Waals surface area contributed by atoms with Crippen molar-refractivity contribution in [2.45, 2.75) is 13.1 Å². The standard InChI is InChI=1S/C10H15N2/c1-12(2)8-10-5-3-4-9(6-10)7-11/h3-6H,1,7-8,11H2,2H3/q-1. The molecule has 1 aromatic carbocycles. The number of hydrogen-bond acceptors (Lipinski definition) is 2. The van der Waals surface area contributed by atoms with Crippen LogP contribution in [0, 0.1) is 7.05 Å². The third kappa shape index (κ3) is 2.64. The second-order valence-electron chi connectivity index (χ2n) is 3.04. The highest BCUT2D eigenvalue weighted by Crippen LogP contribution is 2.06. The van der Waals surface area contributed by atoms with Crippen molar-refractivity contribution in [3.8, 4) is 0 Å². The van der Waals surface area contributed by atoms with E-state index in [1.807, 2.05) is 24.1 Å². The molecule has 0 saturated carbocycles. The van der Waals surface area contributed by atoms with Crippen LogP contribution >= 0.6 is 0 Å². The SMILES string of the molecule is [CH2-]N(C)Cc1cccc(CN)c1. The van der Waals surface area contributed by atoms with Gasteiger partial charge < -0.3 is 10.6 Å². The predicted molar refractivity (Wildman–Crippen MR) is 51.2 cm³/mol. The average molecular weight is 163 g/mol. The van der Waals surface area contributed by atoms with Gasteiger partial charge in [0.15, 0.2) is 0 Å². The van der Waals surface area contributed by atoms with E-state index in [9.17, 15) is 0 Å². The molecule has 0 aliphatic heterocycles. The van der Waals surface area contributed by atoms with Crippen molar-refractivity contribution < 1.29 is 0 Å². The number of nitrogens with zero attached hydrogens (tertiary/aromatic N) is 1. The smallest absolute Gasteiger partial charge is 0.0178 e. The van der Waals surface area contributed by atoms with Crippen LogP contribution in [0.2, 0.25) is 0 Å². The van der Waals surface area contributed by atoms with Crippen LogP contribution in [0.3, 0.4) is 0 Å². The summed E-state index contributed by atoms with van der Waals surface area (Å²) in [6, 6.07) is 8.26. The molecular weight excluding hydrogens is 148 g/mol. The van der Waals surface area contributed by atoms with E-state index < -0.39 is 0 Å². The Labute approximate surface area is 74.0 Å². The van der Waals surface area contributed by atoms with E-state index in [-0.39, 0.29) is 0 Å². The number of rotatable bonds is 3. The van der Waals surface area contributed by atoms with Crippen LogP contribution in [0.4, 0.5) is 0 Å². The molecule has 0 radical (unpaired) electrons. The topological polar surface area (TPSA) is 29.3 Å². The largest absolute Gasteiger partial charge is 0.458 e. The molecular formula is C10H15N2-. The molecule has 0 fully saturated rings. The highest BCUT2D eigenvalue weighted by molar-refractivity contribution is 5.23. The van der Waals surface area contributed by atoms with Crippen LogP contribution in [0.5, 0.6) is 0 Å². The first-order valence-corrected chi connectivity index (χ1v) is 4.02. The molecule has 0 atom stereocenters. The molecule has 0 saturated heterocycles. The van der Waals surface area contributed by atoms with Crippen molar-refractivity contribution in [3.63, 3.8) is 0 Å². The van der Waals surface area contributed by atoms with Crippen LogP contribution in [-0.2, 0) is 13.1 Å². The maximum atomic E-state index is 5.52. The summed E-state index contributed by atoms with van der Waals surface area (Å²) >= 11 is 0. The highest BCUT2D eigenvalue weighted by Gasteiger charge is 1.92. The molecule has 0 aliphatic carbocycles. The van der Waals surface area contributed by atoms with Gasteiger partial charge in [-0.15, -0.1) is 0 Å². The lowest BCUT2D eigenvalue weighted by atomic mass is 10.1. The zero-order valence-electron chi connectivity index (χ0n) is 7.46. The fourth-order valence-corrected chi connectivity index (χ4v) is 1.17. The molecule has 0 spiro atoms. The Morgan fingerprint density at radius 1 is 1.42 bits per heavy atom. The summed E-state index contributed by atoms with van der Waals surface area (Å²) in [7, 11) is 5.74. The van der Waals surface area contributed by atoms with Crippen molar-refractivity contribution >= 4 is 0 Å². The Bertz CT molecular complexity index is 243. The van der Waals surface area contributed by atoms with Gasteiger partial charge in [0.1, 0.15) is 0 Å². The molecule has 0 heterocycles. The minimum atomic E-state index is 0.606. The first kappa shape index (κ1) is 9.23. The summed E-state index contributed by atoms with van der Waals surface area (Å²) < 4.78 is 0. The summed E-state index contributed by atoms with van der Waals surface area (Å²) in [5.74, 6) is 0. The zero-order chi connectivity index (χ0) is 8.97. The molecule has 2 heteroatoms. The molecule has 0 bridgehead atoms. The Kier molecular flexibility index (Phi) is 3.26. The predicted octanol–water partition coefficient (Wildman–Crippen LogP) is 1.37. The molecule has 1 rings (SSSR count). The van der Waals surface area contributed by atoms with E-state index in [1.54, 1.807) is 0 Å². The lowest BCUT2D eigenvalue weighted by Crippen LogP contribution is -2.08. The molecule has 12 heavy (non-hydrogen) atoms. The van der Waals surface area contributed by atoms with Gasteiger partial charge in [0, 0.05) is 6.54 Å².